The van der Waals surface area contributed by atoms with Crippen LogP contribution in [-0.2, 0) is 27.7 Å². The predicted molar refractivity (Wildman–Crippen MR) is 121 cm³/mol. The maximum Gasteiger partial charge on any atom is 0.260 e. The zero-order chi connectivity index (χ0) is 21.3. The first-order valence-electron chi connectivity index (χ1n) is 9.41. The average Bonchev–Trinajstić information content (AvgIpc) is 3.13. The van der Waals surface area contributed by atoms with E-state index in [4.69, 9.17) is 11.6 Å². The minimum Gasteiger partial charge on any atom is -0.271 e. The molecule has 0 unspecified atom stereocenters. The summed E-state index contributed by atoms with van der Waals surface area (Å²) < 4.78 is 25.3. The number of amides is 1. The molecule has 0 fully saturated rings. The Kier molecular flexibility index (Phi) is 5.49. The van der Waals surface area contributed by atoms with E-state index in [1.54, 1.807) is 30.5 Å². The predicted octanol–water partition coefficient (Wildman–Crippen LogP) is 3.51. The normalized spacial score (nSPS) is 13.1. The van der Waals surface area contributed by atoms with Gasteiger partial charge in [-0.15, -0.1) is 0 Å². The Hall–Kier alpha value is -2.90. The molecular weight excluding hydrogens is 422 g/mol. The Morgan fingerprint density at radius 2 is 1.80 bits per heavy atom. The van der Waals surface area contributed by atoms with Crippen molar-refractivity contribution in [3.8, 4) is 0 Å². The molecule has 0 aromatic heterocycles. The van der Waals surface area contributed by atoms with E-state index in [0.717, 1.165) is 34.4 Å². The number of carbonyl (C=O) groups is 1. The monoisotopic (exact) mass is 441 g/mol. The molecule has 0 aliphatic heterocycles. The van der Waals surface area contributed by atoms with Crippen molar-refractivity contribution in [1.29, 1.82) is 0 Å². The number of carbonyl (C=O) groups excluding carboxylic acids is 1. The van der Waals surface area contributed by atoms with Crippen LogP contribution in [0.4, 0.5) is 5.69 Å². The van der Waals surface area contributed by atoms with Gasteiger partial charge >= 0.3 is 0 Å². The van der Waals surface area contributed by atoms with E-state index in [9.17, 15) is 13.2 Å². The second-order valence-electron chi connectivity index (χ2n) is 7.19. The number of sulfonamides is 1. The van der Waals surface area contributed by atoms with Crippen LogP contribution in [0.3, 0.4) is 0 Å². The van der Waals surface area contributed by atoms with Crippen LogP contribution in [-0.4, -0.2) is 33.3 Å². The van der Waals surface area contributed by atoms with Gasteiger partial charge in [-0.25, -0.2) is 13.8 Å². The summed E-state index contributed by atoms with van der Waals surface area (Å²) in [6.07, 6.45) is 4.71. The van der Waals surface area contributed by atoms with Crippen molar-refractivity contribution in [3.05, 3.63) is 76.3 Å². The van der Waals surface area contributed by atoms with Crippen LogP contribution in [0.2, 0.25) is 5.02 Å². The second kappa shape index (κ2) is 8.08. The maximum absolute atomic E-state index is 12.4. The van der Waals surface area contributed by atoms with E-state index in [1.807, 2.05) is 18.2 Å². The number of hydrazone groups is 1. The molecule has 1 N–H and O–H groups in total. The van der Waals surface area contributed by atoms with E-state index in [-0.39, 0.29) is 6.54 Å². The van der Waals surface area contributed by atoms with Crippen molar-refractivity contribution in [2.24, 2.45) is 5.10 Å². The highest BCUT2D eigenvalue weighted by Gasteiger charge is 2.20. The van der Waals surface area contributed by atoms with Crippen LogP contribution in [0.5, 0.6) is 0 Å². The van der Waals surface area contributed by atoms with Gasteiger partial charge in [-0.3, -0.25) is 9.10 Å². The zero-order valence-corrected chi connectivity index (χ0v) is 17.9. The number of anilines is 1. The SMILES string of the molecule is CS(=O)(=O)N(CC(=O)N/N=C\c1ccc2c3c(cccc13)CC2)c1ccc(Cl)cc1. The van der Waals surface area contributed by atoms with Crippen molar-refractivity contribution in [2.45, 2.75) is 12.8 Å². The minimum atomic E-state index is -3.66. The van der Waals surface area contributed by atoms with Crippen LogP contribution in [0.25, 0.3) is 10.8 Å². The highest BCUT2D eigenvalue weighted by Crippen LogP contribution is 2.32. The van der Waals surface area contributed by atoms with Crippen LogP contribution in [0, 0.1) is 0 Å². The van der Waals surface area contributed by atoms with E-state index < -0.39 is 15.9 Å². The molecule has 0 saturated heterocycles. The number of hydrogen-bond donors (Lipinski definition) is 1. The van der Waals surface area contributed by atoms with Gasteiger partial charge in [0.05, 0.1) is 18.2 Å². The molecule has 1 aliphatic rings. The smallest absolute Gasteiger partial charge is 0.260 e. The minimum absolute atomic E-state index is 0.355. The molecule has 3 aromatic rings. The first-order valence-corrected chi connectivity index (χ1v) is 11.6. The standard InChI is InChI=1S/C22H20ClN3O3S/c1-30(28,29)26(19-11-9-18(23)10-12-19)14-21(27)25-24-13-17-8-7-16-6-5-15-3-2-4-20(17)22(15)16/h2-4,7-13H,5-6,14H2,1H3,(H,25,27)/b24-13-. The number of nitrogens with zero attached hydrogens (tertiary/aromatic N) is 2. The molecule has 1 amide bonds. The molecule has 0 spiro atoms. The summed E-state index contributed by atoms with van der Waals surface area (Å²) in [5, 5.41) is 6.88. The van der Waals surface area contributed by atoms with Gasteiger partial charge in [0.25, 0.3) is 5.91 Å². The molecule has 0 heterocycles. The number of benzene rings is 3. The molecule has 30 heavy (non-hydrogen) atoms. The van der Waals surface area contributed by atoms with Gasteiger partial charge in [0.1, 0.15) is 6.54 Å². The number of nitrogens with one attached hydrogen (secondary N) is 1. The molecule has 0 bridgehead atoms. The lowest BCUT2D eigenvalue weighted by atomic mass is 10.0. The third kappa shape index (κ3) is 4.17. The van der Waals surface area contributed by atoms with Gasteiger partial charge in [-0.1, -0.05) is 41.9 Å². The number of hydrogen-bond acceptors (Lipinski definition) is 4. The van der Waals surface area contributed by atoms with E-state index in [0.29, 0.717) is 10.7 Å². The molecule has 0 saturated carbocycles. The van der Waals surface area contributed by atoms with Crippen molar-refractivity contribution < 1.29 is 13.2 Å². The Morgan fingerprint density at radius 1 is 1.10 bits per heavy atom. The largest absolute Gasteiger partial charge is 0.271 e. The Balaban J connectivity index is 1.50. The third-order valence-electron chi connectivity index (χ3n) is 5.11. The third-order valence-corrected chi connectivity index (χ3v) is 6.50. The summed E-state index contributed by atoms with van der Waals surface area (Å²) in [4.78, 5) is 12.4. The van der Waals surface area contributed by atoms with Crippen LogP contribution < -0.4 is 9.73 Å². The molecule has 8 heteroatoms. The fourth-order valence-electron chi connectivity index (χ4n) is 3.73. The summed E-state index contributed by atoms with van der Waals surface area (Å²) in [5.41, 5.74) is 6.33. The summed E-state index contributed by atoms with van der Waals surface area (Å²) in [7, 11) is -3.66. The molecule has 0 atom stereocenters. The summed E-state index contributed by atoms with van der Waals surface area (Å²) >= 11 is 5.86. The lowest BCUT2D eigenvalue weighted by Gasteiger charge is -2.21. The van der Waals surface area contributed by atoms with Gasteiger partial charge in [-0.05, 0) is 59.0 Å². The fourth-order valence-corrected chi connectivity index (χ4v) is 4.71. The Bertz CT molecular complexity index is 1240. The molecule has 1 aliphatic carbocycles. The number of aryl methyl sites for hydroxylation is 2. The lowest BCUT2D eigenvalue weighted by Crippen LogP contribution is -2.39. The van der Waals surface area contributed by atoms with Crippen molar-refractivity contribution in [1.82, 2.24) is 5.43 Å². The van der Waals surface area contributed by atoms with Crippen LogP contribution in [0.1, 0.15) is 16.7 Å². The van der Waals surface area contributed by atoms with Crippen LogP contribution in [0.15, 0.2) is 59.7 Å². The van der Waals surface area contributed by atoms with Gasteiger partial charge in [0, 0.05) is 10.6 Å². The molecule has 3 aromatic carbocycles. The number of rotatable bonds is 6. The zero-order valence-electron chi connectivity index (χ0n) is 16.3. The fraction of sp³-hybridized carbons (Fsp3) is 0.182. The Morgan fingerprint density at radius 3 is 2.50 bits per heavy atom. The summed E-state index contributed by atoms with van der Waals surface area (Å²) in [6, 6.07) is 16.5. The maximum atomic E-state index is 12.4. The Labute approximate surface area is 180 Å². The summed E-state index contributed by atoms with van der Waals surface area (Å²) in [5.74, 6) is -0.544. The van der Waals surface area contributed by atoms with Gasteiger partial charge < -0.3 is 0 Å². The van der Waals surface area contributed by atoms with E-state index >= 15 is 0 Å². The lowest BCUT2D eigenvalue weighted by molar-refractivity contribution is -0.119. The molecule has 154 valence electrons. The van der Waals surface area contributed by atoms with Gasteiger partial charge in [0.15, 0.2) is 0 Å². The molecule has 4 rings (SSSR count). The van der Waals surface area contributed by atoms with E-state index in [1.165, 1.54) is 16.5 Å². The van der Waals surface area contributed by atoms with Crippen molar-refractivity contribution in [3.63, 3.8) is 0 Å². The quantitative estimate of drug-likeness (QED) is 0.469. The summed E-state index contributed by atoms with van der Waals surface area (Å²) in [6.45, 7) is -0.387. The van der Waals surface area contributed by atoms with Crippen molar-refractivity contribution in [2.75, 3.05) is 17.1 Å². The molecule has 6 nitrogen and oxygen atoms in total. The highest BCUT2D eigenvalue weighted by atomic mass is 35.5. The molecule has 0 radical (unpaired) electrons. The van der Waals surface area contributed by atoms with Crippen LogP contribution >= 0.6 is 11.6 Å². The van der Waals surface area contributed by atoms with Gasteiger partial charge in [0.2, 0.25) is 10.0 Å². The number of halogens is 1. The van der Waals surface area contributed by atoms with Crippen molar-refractivity contribution >= 4 is 50.2 Å². The van der Waals surface area contributed by atoms with Gasteiger partial charge in [-0.2, -0.15) is 5.10 Å². The first-order chi connectivity index (χ1) is 14.3. The first kappa shape index (κ1) is 20.4. The molecular formula is C22H20ClN3O3S. The average molecular weight is 442 g/mol. The second-order valence-corrected chi connectivity index (χ2v) is 9.54. The topological polar surface area (TPSA) is 78.8 Å². The van der Waals surface area contributed by atoms with E-state index in [2.05, 4.69) is 22.7 Å². The highest BCUT2D eigenvalue weighted by molar-refractivity contribution is 7.92.